The summed E-state index contributed by atoms with van der Waals surface area (Å²) in [6.45, 7) is 4.73. The number of aliphatic hydroxyl groups excluding tert-OH is 1. The van der Waals surface area contributed by atoms with E-state index in [4.69, 9.17) is 16.3 Å². The van der Waals surface area contributed by atoms with Gasteiger partial charge in [0, 0.05) is 24.5 Å². The van der Waals surface area contributed by atoms with E-state index in [9.17, 15) is 9.90 Å². The van der Waals surface area contributed by atoms with Gasteiger partial charge in [0.15, 0.2) is 0 Å². The quantitative estimate of drug-likeness (QED) is 0.874. The second-order valence-electron chi connectivity index (χ2n) is 6.07. The van der Waals surface area contributed by atoms with Crippen molar-refractivity contribution < 1.29 is 14.6 Å². The minimum Gasteiger partial charge on any atom is -0.388 e. The Kier molecular flexibility index (Phi) is 6.24. The van der Waals surface area contributed by atoms with E-state index < -0.39 is 6.10 Å². The molecule has 1 aromatic rings. The Bertz CT molecular complexity index is 489. The van der Waals surface area contributed by atoms with Crippen LogP contribution < -0.4 is 0 Å². The van der Waals surface area contributed by atoms with E-state index in [-0.39, 0.29) is 18.1 Å². The molecule has 5 heteroatoms. The van der Waals surface area contributed by atoms with Crippen molar-refractivity contribution in [1.82, 2.24) is 4.90 Å². The summed E-state index contributed by atoms with van der Waals surface area (Å²) < 4.78 is 5.63. The standard InChI is InChI=1S/C17H24ClNO3/c1-12(2)22-16-11-19(10-15(16)20)17(21)5-3-4-13-6-8-14(18)9-7-13/h6-9,12,15-16,20H,3-5,10-11H2,1-2H3/t15-,16-/m0/s1. The van der Waals surface area contributed by atoms with E-state index in [1.54, 1.807) is 4.90 Å². The van der Waals surface area contributed by atoms with Crippen molar-refractivity contribution in [2.75, 3.05) is 13.1 Å². The number of nitrogens with zero attached hydrogens (tertiary/aromatic N) is 1. The molecule has 1 N–H and O–H groups in total. The first-order valence-corrected chi connectivity index (χ1v) is 8.19. The molecular weight excluding hydrogens is 302 g/mol. The molecule has 2 atom stereocenters. The molecule has 1 aliphatic heterocycles. The van der Waals surface area contributed by atoms with Crippen LogP contribution in [0, 0.1) is 0 Å². The summed E-state index contributed by atoms with van der Waals surface area (Å²) in [5.41, 5.74) is 1.18. The lowest BCUT2D eigenvalue weighted by molar-refractivity contribution is -0.131. The molecule has 0 saturated carbocycles. The summed E-state index contributed by atoms with van der Waals surface area (Å²) in [6.07, 6.45) is 1.35. The van der Waals surface area contributed by atoms with Crippen molar-refractivity contribution in [1.29, 1.82) is 0 Å². The smallest absolute Gasteiger partial charge is 0.222 e. The van der Waals surface area contributed by atoms with Crippen LogP contribution >= 0.6 is 11.6 Å². The lowest BCUT2D eigenvalue weighted by Gasteiger charge is -2.18. The lowest BCUT2D eigenvalue weighted by Crippen LogP contribution is -2.31. The number of hydrogen-bond acceptors (Lipinski definition) is 3. The number of carbonyl (C=O) groups is 1. The minimum absolute atomic E-state index is 0.0552. The number of hydrogen-bond donors (Lipinski definition) is 1. The molecule has 1 heterocycles. The molecule has 122 valence electrons. The number of amides is 1. The Morgan fingerprint density at radius 1 is 1.36 bits per heavy atom. The number of aliphatic hydroxyl groups is 1. The van der Waals surface area contributed by atoms with Gasteiger partial charge in [0.1, 0.15) is 6.10 Å². The number of halogens is 1. The third kappa shape index (κ3) is 4.97. The zero-order valence-corrected chi connectivity index (χ0v) is 13.9. The molecule has 2 rings (SSSR count). The molecule has 0 unspecified atom stereocenters. The van der Waals surface area contributed by atoms with Crippen molar-refractivity contribution >= 4 is 17.5 Å². The van der Waals surface area contributed by atoms with Crippen LogP contribution in [0.4, 0.5) is 0 Å². The third-order valence-corrected chi connectivity index (χ3v) is 4.06. The highest BCUT2D eigenvalue weighted by molar-refractivity contribution is 6.30. The maximum atomic E-state index is 12.2. The van der Waals surface area contributed by atoms with Gasteiger partial charge < -0.3 is 14.7 Å². The van der Waals surface area contributed by atoms with Gasteiger partial charge in [-0.15, -0.1) is 0 Å². The molecule has 1 saturated heterocycles. The van der Waals surface area contributed by atoms with Gasteiger partial charge in [0.2, 0.25) is 5.91 Å². The van der Waals surface area contributed by atoms with Gasteiger partial charge >= 0.3 is 0 Å². The highest BCUT2D eigenvalue weighted by Crippen LogP contribution is 2.17. The normalized spacial score (nSPS) is 21.6. The third-order valence-electron chi connectivity index (χ3n) is 3.81. The Morgan fingerprint density at radius 3 is 2.68 bits per heavy atom. The van der Waals surface area contributed by atoms with Crippen LogP contribution in [0.25, 0.3) is 0 Å². The fraction of sp³-hybridized carbons (Fsp3) is 0.588. The first-order valence-electron chi connectivity index (χ1n) is 7.81. The average molecular weight is 326 g/mol. The number of likely N-dealkylation sites (tertiary alicyclic amines) is 1. The fourth-order valence-electron chi connectivity index (χ4n) is 2.70. The fourth-order valence-corrected chi connectivity index (χ4v) is 2.82. The summed E-state index contributed by atoms with van der Waals surface area (Å²) in [5.74, 6) is 0.0860. The van der Waals surface area contributed by atoms with Crippen LogP contribution in [0.3, 0.4) is 0 Å². The first-order chi connectivity index (χ1) is 10.5. The minimum atomic E-state index is -0.581. The van der Waals surface area contributed by atoms with Crippen molar-refractivity contribution in [2.24, 2.45) is 0 Å². The summed E-state index contributed by atoms with van der Waals surface area (Å²) in [4.78, 5) is 13.9. The zero-order chi connectivity index (χ0) is 16.1. The van der Waals surface area contributed by atoms with Gasteiger partial charge in [-0.2, -0.15) is 0 Å². The largest absolute Gasteiger partial charge is 0.388 e. The van der Waals surface area contributed by atoms with Gasteiger partial charge in [0.05, 0.1) is 12.2 Å². The van der Waals surface area contributed by atoms with Crippen LogP contribution in [0.15, 0.2) is 24.3 Å². The number of β-amino-alcohol motifs (C(OH)–C–C–N with tert-alkyl or cyclic N) is 1. The van der Waals surface area contributed by atoms with Crippen molar-refractivity contribution in [2.45, 2.75) is 51.4 Å². The average Bonchev–Trinajstić information content (AvgIpc) is 2.81. The molecule has 1 aliphatic rings. The molecule has 0 bridgehead atoms. The monoisotopic (exact) mass is 325 g/mol. The van der Waals surface area contributed by atoms with E-state index in [0.29, 0.717) is 19.5 Å². The van der Waals surface area contributed by atoms with Crippen molar-refractivity contribution in [3.63, 3.8) is 0 Å². The SMILES string of the molecule is CC(C)O[C@H]1CN(C(=O)CCCc2ccc(Cl)cc2)C[C@@H]1O. The van der Waals surface area contributed by atoms with Crippen LogP contribution in [-0.2, 0) is 16.0 Å². The number of rotatable bonds is 6. The van der Waals surface area contributed by atoms with Crippen LogP contribution in [0.2, 0.25) is 5.02 Å². The second-order valence-corrected chi connectivity index (χ2v) is 6.51. The Hall–Kier alpha value is -1.10. The van der Waals surface area contributed by atoms with Gasteiger partial charge in [-0.3, -0.25) is 4.79 Å². The summed E-state index contributed by atoms with van der Waals surface area (Å²) in [7, 11) is 0. The molecule has 1 amide bonds. The van der Waals surface area contributed by atoms with Gasteiger partial charge in [-0.25, -0.2) is 0 Å². The topological polar surface area (TPSA) is 49.8 Å². The van der Waals surface area contributed by atoms with E-state index in [1.165, 1.54) is 5.56 Å². The summed E-state index contributed by atoms with van der Waals surface area (Å²) in [6, 6.07) is 7.70. The number of carbonyl (C=O) groups excluding carboxylic acids is 1. The maximum absolute atomic E-state index is 12.2. The molecule has 0 aromatic heterocycles. The van der Waals surface area contributed by atoms with Crippen molar-refractivity contribution in [3.8, 4) is 0 Å². The maximum Gasteiger partial charge on any atom is 0.222 e. The van der Waals surface area contributed by atoms with E-state index >= 15 is 0 Å². The number of aryl methyl sites for hydroxylation is 1. The van der Waals surface area contributed by atoms with Gasteiger partial charge in [-0.1, -0.05) is 23.7 Å². The van der Waals surface area contributed by atoms with Gasteiger partial charge in [-0.05, 0) is 44.4 Å². The highest BCUT2D eigenvalue weighted by Gasteiger charge is 2.34. The van der Waals surface area contributed by atoms with Crippen LogP contribution in [0.1, 0.15) is 32.3 Å². The molecular formula is C17H24ClNO3. The molecule has 22 heavy (non-hydrogen) atoms. The van der Waals surface area contributed by atoms with Crippen LogP contribution in [-0.4, -0.2) is 47.3 Å². The molecule has 1 aromatic carbocycles. The zero-order valence-electron chi connectivity index (χ0n) is 13.2. The predicted molar refractivity (Wildman–Crippen MR) is 87.0 cm³/mol. The second kappa shape index (κ2) is 7.95. The lowest BCUT2D eigenvalue weighted by atomic mass is 10.1. The molecule has 1 fully saturated rings. The Labute approximate surface area is 137 Å². The summed E-state index contributed by atoms with van der Waals surface area (Å²) >= 11 is 5.85. The molecule has 4 nitrogen and oxygen atoms in total. The van der Waals surface area contributed by atoms with Gasteiger partial charge in [0.25, 0.3) is 0 Å². The van der Waals surface area contributed by atoms with Crippen LogP contribution in [0.5, 0.6) is 0 Å². The number of benzene rings is 1. The number of ether oxygens (including phenoxy) is 1. The first kappa shape index (κ1) is 17.3. The van der Waals surface area contributed by atoms with Crippen molar-refractivity contribution in [3.05, 3.63) is 34.9 Å². The van der Waals surface area contributed by atoms with E-state index in [1.807, 2.05) is 38.1 Å². The molecule has 0 spiro atoms. The summed E-state index contributed by atoms with van der Waals surface area (Å²) in [5, 5.41) is 10.7. The Balaban J connectivity index is 1.74. The highest BCUT2D eigenvalue weighted by atomic mass is 35.5. The molecule has 0 aliphatic carbocycles. The van der Waals surface area contributed by atoms with E-state index in [0.717, 1.165) is 17.9 Å². The Morgan fingerprint density at radius 2 is 2.05 bits per heavy atom. The molecule has 0 radical (unpaired) electrons. The van der Waals surface area contributed by atoms with E-state index in [2.05, 4.69) is 0 Å². The predicted octanol–water partition coefficient (Wildman–Crippen LogP) is 2.66.